The molecule has 1 aliphatic rings. The SMILES string of the molecule is COCCN(C(=O)c1ccc(OC)c(O)c1)C1CC1. The van der Waals surface area contributed by atoms with Crippen LogP contribution in [0.3, 0.4) is 0 Å². The highest BCUT2D eigenvalue weighted by Crippen LogP contribution is 2.30. The van der Waals surface area contributed by atoms with E-state index < -0.39 is 0 Å². The maximum Gasteiger partial charge on any atom is 0.254 e. The molecule has 0 aromatic heterocycles. The average molecular weight is 265 g/mol. The fourth-order valence-electron chi connectivity index (χ4n) is 2.01. The van der Waals surface area contributed by atoms with Crippen molar-refractivity contribution in [2.75, 3.05) is 27.4 Å². The number of hydrogen-bond donors (Lipinski definition) is 1. The van der Waals surface area contributed by atoms with Gasteiger partial charge in [-0.1, -0.05) is 0 Å². The van der Waals surface area contributed by atoms with Gasteiger partial charge in [-0.25, -0.2) is 0 Å². The van der Waals surface area contributed by atoms with Gasteiger partial charge in [0, 0.05) is 25.3 Å². The summed E-state index contributed by atoms with van der Waals surface area (Å²) < 4.78 is 10.0. The number of methoxy groups -OCH3 is 2. The number of amides is 1. The van der Waals surface area contributed by atoms with E-state index in [1.54, 1.807) is 19.2 Å². The van der Waals surface area contributed by atoms with Gasteiger partial charge in [-0.15, -0.1) is 0 Å². The summed E-state index contributed by atoms with van der Waals surface area (Å²) in [5.74, 6) is 0.278. The van der Waals surface area contributed by atoms with E-state index in [1.807, 2.05) is 4.90 Å². The lowest BCUT2D eigenvalue weighted by molar-refractivity contribution is 0.0679. The predicted molar refractivity (Wildman–Crippen MR) is 70.6 cm³/mol. The van der Waals surface area contributed by atoms with Crippen LogP contribution >= 0.6 is 0 Å². The molecule has 1 N–H and O–H groups in total. The molecule has 0 unspecified atom stereocenters. The first kappa shape index (κ1) is 13.7. The maximum absolute atomic E-state index is 12.4. The third-order valence-electron chi connectivity index (χ3n) is 3.21. The lowest BCUT2D eigenvalue weighted by atomic mass is 10.1. The number of phenolic OH excluding ortho intramolecular Hbond substituents is 1. The topological polar surface area (TPSA) is 59.0 Å². The predicted octanol–water partition coefficient (Wildman–Crippen LogP) is 1.65. The van der Waals surface area contributed by atoms with E-state index in [0.717, 1.165) is 12.8 Å². The van der Waals surface area contributed by atoms with Crippen LogP contribution in [0.25, 0.3) is 0 Å². The average Bonchev–Trinajstić information content (AvgIpc) is 3.23. The van der Waals surface area contributed by atoms with Crippen molar-refractivity contribution in [1.82, 2.24) is 4.90 Å². The van der Waals surface area contributed by atoms with Crippen molar-refractivity contribution in [3.8, 4) is 11.5 Å². The molecule has 0 bridgehead atoms. The lowest BCUT2D eigenvalue weighted by Gasteiger charge is -2.22. The Morgan fingerprint density at radius 2 is 2.16 bits per heavy atom. The molecule has 0 atom stereocenters. The first-order valence-electron chi connectivity index (χ1n) is 6.34. The van der Waals surface area contributed by atoms with E-state index in [2.05, 4.69) is 0 Å². The summed E-state index contributed by atoms with van der Waals surface area (Å²) in [5, 5.41) is 9.73. The second-order valence-electron chi connectivity index (χ2n) is 4.61. The van der Waals surface area contributed by atoms with Crippen molar-refractivity contribution in [3.63, 3.8) is 0 Å². The maximum atomic E-state index is 12.4. The Hall–Kier alpha value is -1.75. The van der Waals surface area contributed by atoms with Gasteiger partial charge >= 0.3 is 0 Å². The van der Waals surface area contributed by atoms with Crippen molar-refractivity contribution in [2.45, 2.75) is 18.9 Å². The number of benzene rings is 1. The lowest BCUT2D eigenvalue weighted by Crippen LogP contribution is -2.35. The minimum Gasteiger partial charge on any atom is -0.504 e. The molecule has 19 heavy (non-hydrogen) atoms. The minimum atomic E-state index is -0.0718. The zero-order chi connectivity index (χ0) is 13.8. The summed E-state index contributed by atoms with van der Waals surface area (Å²) in [6.45, 7) is 1.09. The molecule has 0 aliphatic heterocycles. The number of carbonyl (C=O) groups excluding carboxylic acids is 1. The van der Waals surface area contributed by atoms with Gasteiger partial charge in [0.2, 0.25) is 0 Å². The number of aromatic hydroxyl groups is 1. The largest absolute Gasteiger partial charge is 0.504 e. The van der Waals surface area contributed by atoms with E-state index in [9.17, 15) is 9.90 Å². The normalized spacial score (nSPS) is 14.2. The molecule has 1 saturated carbocycles. The molecule has 1 aromatic rings. The summed E-state index contributed by atoms with van der Waals surface area (Å²) in [5.41, 5.74) is 0.473. The Bertz CT molecular complexity index is 457. The monoisotopic (exact) mass is 265 g/mol. The van der Waals surface area contributed by atoms with Crippen LogP contribution in [-0.4, -0.2) is 49.3 Å². The van der Waals surface area contributed by atoms with Gasteiger partial charge in [-0.3, -0.25) is 4.79 Å². The number of hydrogen-bond acceptors (Lipinski definition) is 4. The van der Waals surface area contributed by atoms with Crippen LogP contribution in [0, 0.1) is 0 Å². The number of ether oxygens (including phenoxy) is 2. The zero-order valence-electron chi connectivity index (χ0n) is 11.3. The van der Waals surface area contributed by atoms with Gasteiger partial charge < -0.3 is 19.5 Å². The summed E-state index contributed by atoms with van der Waals surface area (Å²) in [6.07, 6.45) is 2.08. The molecule has 1 aliphatic carbocycles. The Morgan fingerprint density at radius 3 is 2.68 bits per heavy atom. The van der Waals surface area contributed by atoms with Gasteiger partial charge in [0.05, 0.1) is 13.7 Å². The third-order valence-corrected chi connectivity index (χ3v) is 3.21. The number of nitrogens with zero attached hydrogens (tertiary/aromatic N) is 1. The highest BCUT2D eigenvalue weighted by Gasteiger charge is 2.32. The van der Waals surface area contributed by atoms with Crippen LogP contribution in [0.15, 0.2) is 18.2 Å². The summed E-state index contributed by atoms with van der Waals surface area (Å²) in [6, 6.07) is 5.03. The Morgan fingerprint density at radius 1 is 1.42 bits per heavy atom. The van der Waals surface area contributed by atoms with E-state index >= 15 is 0 Å². The van der Waals surface area contributed by atoms with Crippen molar-refractivity contribution >= 4 is 5.91 Å². The Kier molecular flexibility index (Phi) is 4.27. The number of rotatable bonds is 6. The quantitative estimate of drug-likeness (QED) is 0.849. The third kappa shape index (κ3) is 3.17. The second-order valence-corrected chi connectivity index (χ2v) is 4.61. The van der Waals surface area contributed by atoms with Crippen LogP contribution in [-0.2, 0) is 4.74 Å². The van der Waals surface area contributed by atoms with E-state index in [-0.39, 0.29) is 11.7 Å². The molecular formula is C14H19NO4. The second kappa shape index (κ2) is 5.93. The van der Waals surface area contributed by atoms with Crippen LogP contribution in [0.5, 0.6) is 11.5 Å². The molecule has 0 radical (unpaired) electrons. The van der Waals surface area contributed by atoms with E-state index in [4.69, 9.17) is 9.47 Å². The molecule has 5 heteroatoms. The molecule has 5 nitrogen and oxygen atoms in total. The van der Waals surface area contributed by atoms with Gasteiger partial charge in [0.1, 0.15) is 0 Å². The van der Waals surface area contributed by atoms with Crippen LogP contribution in [0.2, 0.25) is 0 Å². The highest BCUT2D eigenvalue weighted by atomic mass is 16.5. The van der Waals surface area contributed by atoms with E-state index in [0.29, 0.717) is 30.5 Å². The van der Waals surface area contributed by atoms with Crippen LogP contribution < -0.4 is 4.74 Å². The number of carbonyl (C=O) groups is 1. The van der Waals surface area contributed by atoms with E-state index in [1.165, 1.54) is 13.2 Å². The summed E-state index contributed by atoms with van der Waals surface area (Å²) >= 11 is 0. The van der Waals surface area contributed by atoms with Crippen LogP contribution in [0.4, 0.5) is 0 Å². The van der Waals surface area contributed by atoms with Crippen molar-refractivity contribution in [3.05, 3.63) is 23.8 Å². The smallest absolute Gasteiger partial charge is 0.254 e. The summed E-state index contributed by atoms with van der Waals surface area (Å²) in [7, 11) is 3.10. The Labute approximate surface area is 112 Å². The molecule has 0 spiro atoms. The standard InChI is InChI=1S/C14H19NO4/c1-18-8-7-15(11-4-5-11)14(17)10-3-6-13(19-2)12(16)9-10/h3,6,9,11,16H,4-5,7-8H2,1-2H3. The van der Waals surface area contributed by atoms with Gasteiger partial charge in [-0.05, 0) is 31.0 Å². The summed E-state index contributed by atoms with van der Waals surface area (Å²) in [4.78, 5) is 14.2. The Balaban J connectivity index is 2.14. The molecule has 2 rings (SSSR count). The van der Waals surface area contributed by atoms with Crippen molar-refractivity contribution < 1.29 is 19.4 Å². The van der Waals surface area contributed by atoms with Gasteiger partial charge in [0.15, 0.2) is 11.5 Å². The molecule has 104 valence electrons. The highest BCUT2D eigenvalue weighted by molar-refractivity contribution is 5.95. The molecule has 1 fully saturated rings. The minimum absolute atomic E-state index is 0.0177. The van der Waals surface area contributed by atoms with Gasteiger partial charge in [0.25, 0.3) is 5.91 Å². The number of phenols is 1. The zero-order valence-corrected chi connectivity index (χ0v) is 11.3. The molecule has 1 amide bonds. The molecule has 0 saturated heterocycles. The molecule has 1 aromatic carbocycles. The first-order chi connectivity index (χ1) is 9.17. The van der Waals surface area contributed by atoms with Crippen molar-refractivity contribution in [2.24, 2.45) is 0 Å². The van der Waals surface area contributed by atoms with Gasteiger partial charge in [-0.2, -0.15) is 0 Å². The van der Waals surface area contributed by atoms with Crippen LogP contribution in [0.1, 0.15) is 23.2 Å². The first-order valence-corrected chi connectivity index (χ1v) is 6.34. The molecule has 0 heterocycles. The van der Waals surface area contributed by atoms with Crippen molar-refractivity contribution in [1.29, 1.82) is 0 Å². The fourth-order valence-corrected chi connectivity index (χ4v) is 2.01. The fraction of sp³-hybridized carbons (Fsp3) is 0.500. The molecular weight excluding hydrogens is 246 g/mol.